The fraction of sp³-hybridized carbons (Fsp3) is 0.268. The first-order valence-electron chi connectivity index (χ1n) is 16.7. The Balaban J connectivity index is 0.000000171. The van der Waals surface area contributed by atoms with Crippen molar-refractivity contribution in [2.24, 2.45) is 0 Å². The van der Waals surface area contributed by atoms with Crippen molar-refractivity contribution in [2.75, 3.05) is 24.9 Å². The van der Waals surface area contributed by atoms with Crippen LogP contribution in [0.2, 0.25) is 0 Å². The van der Waals surface area contributed by atoms with Gasteiger partial charge in [0.15, 0.2) is 0 Å². The minimum atomic E-state index is -0.358. The topological polar surface area (TPSA) is 76.7 Å². The largest absolute Gasteiger partial charge is 0.496 e. The van der Waals surface area contributed by atoms with Crippen LogP contribution in [0.1, 0.15) is 91.2 Å². The van der Waals surface area contributed by atoms with Crippen molar-refractivity contribution in [3.63, 3.8) is 0 Å². The van der Waals surface area contributed by atoms with Crippen molar-refractivity contribution in [3.8, 4) is 11.5 Å². The summed E-state index contributed by atoms with van der Waals surface area (Å²) in [6.45, 7) is 4.17. The fourth-order valence-corrected chi connectivity index (χ4v) is 6.81. The molecule has 0 atom stereocenters. The molecule has 7 rings (SSSR count). The summed E-state index contributed by atoms with van der Waals surface area (Å²) in [5.74, 6) is 1.41. The van der Waals surface area contributed by atoms with Gasteiger partial charge in [0.1, 0.15) is 23.1 Å². The van der Waals surface area contributed by atoms with Crippen LogP contribution in [0.5, 0.6) is 11.5 Å². The quantitative estimate of drug-likeness (QED) is 0.202. The molecule has 3 aliphatic rings. The molecule has 6 nitrogen and oxygen atoms in total. The maximum atomic E-state index is 13.6. The first-order chi connectivity index (χ1) is 23.6. The van der Waals surface area contributed by atoms with E-state index in [1.165, 1.54) is 61.9 Å². The highest BCUT2D eigenvalue weighted by atomic mass is 19.1. The number of amides is 2. The van der Waals surface area contributed by atoms with E-state index >= 15 is 0 Å². The second-order valence-electron chi connectivity index (χ2n) is 12.9. The zero-order valence-electron chi connectivity index (χ0n) is 28.2. The minimum Gasteiger partial charge on any atom is -0.496 e. The SMILES string of the molecule is COc1ccc(C=C2C(=O)Nc3ccc(F)cc32)cc1C(C)C.COc1ccc(C=C2C(=O)Nc3ccc(F)cc32)cc1C1CCCCC1. The Hall–Kier alpha value is -5.24. The number of anilines is 2. The Bertz CT molecular complexity index is 1970. The van der Waals surface area contributed by atoms with Gasteiger partial charge in [-0.05, 0) is 120 Å². The number of halogens is 2. The van der Waals surface area contributed by atoms with Crippen LogP contribution in [-0.4, -0.2) is 26.0 Å². The third-order valence-corrected chi connectivity index (χ3v) is 9.33. The van der Waals surface area contributed by atoms with E-state index in [4.69, 9.17) is 9.47 Å². The van der Waals surface area contributed by atoms with Gasteiger partial charge < -0.3 is 20.1 Å². The van der Waals surface area contributed by atoms with E-state index in [1.807, 2.05) is 36.4 Å². The maximum absolute atomic E-state index is 13.6. The van der Waals surface area contributed by atoms with Crippen LogP contribution < -0.4 is 20.1 Å². The van der Waals surface area contributed by atoms with Crippen LogP contribution >= 0.6 is 0 Å². The van der Waals surface area contributed by atoms with Crippen molar-refractivity contribution < 1.29 is 27.8 Å². The van der Waals surface area contributed by atoms with E-state index in [9.17, 15) is 18.4 Å². The van der Waals surface area contributed by atoms with Crippen LogP contribution in [-0.2, 0) is 9.59 Å². The average molecular weight is 663 g/mol. The Morgan fingerprint density at radius 3 is 1.69 bits per heavy atom. The lowest BCUT2D eigenvalue weighted by Gasteiger charge is -2.24. The number of carbonyl (C=O) groups excluding carboxylic acids is 2. The van der Waals surface area contributed by atoms with Crippen LogP contribution in [0.3, 0.4) is 0 Å². The summed E-state index contributed by atoms with van der Waals surface area (Å²) < 4.78 is 38.1. The predicted molar refractivity (Wildman–Crippen MR) is 192 cm³/mol. The monoisotopic (exact) mass is 662 g/mol. The van der Waals surface area contributed by atoms with Crippen molar-refractivity contribution >= 4 is 46.5 Å². The van der Waals surface area contributed by atoms with Gasteiger partial charge in [-0.1, -0.05) is 45.2 Å². The van der Waals surface area contributed by atoms with E-state index in [2.05, 4.69) is 30.5 Å². The summed E-state index contributed by atoms with van der Waals surface area (Å²) in [7, 11) is 3.34. The summed E-state index contributed by atoms with van der Waals surface area (Å²) in [6, 6.07) is 20.5. The van der Waals surface area contributed by atoms with Crippen LogP contribution in [0.25, 0.3) is 23.3 Å². The maximum Gasteiger partial charge on any atom is 0.256 e. The summed E-state index contributed by atoms with van der Waals surface area (Å²) in [6.07, 6.45) is 9.75. The molecule has 8 heteroatoms. The summed E-state index contributed by atoms with van der Waals surface area (Å²) in [5, 5.41) is 5.55. The second-order valence-corrected chi connectivity index (χ2v) is 12.9. The molecule has 0 saturated heterocycles. The molecule has 4 aromatic rings. The molecule has 252 valence electrons. The molecule has 0 bridgehead atoms. The highest BCUT2D eigenvalue weighted by Gasteiger charge is 2.26. The molecule has 2 amide bonds. The summed E-state index contributed by atoms with van der Waals surface area (Å²) >= 11 is 0. The van der Waals surface area contributed by atoms with Crippen molar-refractivity contribution in [1.82, 2.24) is 0 Å². The lowest BCUT2D eigenvalue weighted by Crippen LogP contribution is -2.07. The molecular formula is C41H40F2N2O4. The van der Waals surface area contributed by atoms with Crippen molar-refractivity contribution in [3.05, 3.63) is 118 Å². The molecule has 2 N–H and O–H groups in total. The Kier molecular flexibility index (Phi) is 9.95. The average Bonchev–Trinajstić information content (AvgIpc) is 3.58. The zero-order chi connectivity index (χ0) is 34.7. The minimum absolute atomic E-state index is 0.194. The Labute approximate surface area is 285 Å². The zero-order valence-corrected chi connectivity index (χ0v) is 28.2. The third kappa shape index (κ3) is 7.28. The first-order valence-corrected chi connectivity index (χ1v) is 16.7. The highest BCUT2D eigenvalue weighted by Crippen LogP contribution is 2.40. The summed E-state index contributed by atoms with van der Waals surface area (Å²) in [4.78, 5) is 24.5. The van der Waals surface area contributed by atoms with Gasteiger partial charge in [-0.15, -0.1) is 0 Å². The van der Waals surface area contributed by atoms with E-state index in [0.717, 1.165) is 28.2 Å². The molecule has 0 aromatic heterocycles. The number of hydrogen-bond donors (Lipinski definition) is 2. The molecule has 49 heavy (non-hydrogen) atoms. The van der Waals surface area contributed by atoms with Crippen LogP contribution in [0, 0.1) is 11.6 Å². The van der Waals surface area contributed by atoms with Gasteiger partial charge in [-0.25, -0.2) is 8.78 Å². The standard InChI is InChI=1S/C22H22FNO2.C19H18FNO2/c1-26-21-10-7-14(11-17(21)15-5-3-2-4-6-15)12-19-18-13-16(23)8-9-20(18)24-22(19)25;1-11(2)14-8-12(4-7-18(14)23-3)9-16-15-10-13(20)5-6-17(15)21-19(16)22/h7-13,15H,2-6H2,1H3,(H,24,25);4-11H,1-3H3,(H,21,22). The van der Waals surface area contributed by atoms with Gasteiger partial charge in [-0.3, -0.25) is 9.59 Å². The first kappa shape index (κ1) is 33.7. The summed E-state index contributed by atoms with van der Waals surface area (Å²) in [5.41, 5.74) is 7.58. The van der Waals surface area contributed by atoms with Gasteiger partial charge in [-0.2, -0.15) is 0 Å². The number of carbonyl (C=O) groups is 2. The molecule has 2 heterocycles. The van der Waals surface area contributed by atoms with E-state index < -0.39 is 0 Å². The van der Waals surface area contributed by atoms with E-state index in [0.29, 0.717) is 45.5 Å². The van der Waals surface area contributed by atoms with Crippen molar-refractivity contribution in [1.29, 1.82) is 0 Å². The Morgan fingerprint density at radius 2 is 1.18 bits per heavy atom. The number of hydrogen-bond acceptors (Lipinski definition) is 4. The van der Waals surface area contributed by atoms with Crippen molar-refractivity contribution in [2.45, 2.75) is 57.8 Å². The normalized spacial score (nSPS) is 17.0. The molecule has 0 unspecified atom stereocenters. The number of rotatable bonds is 6. The van der Waals surface area contributed by atoms with E-state index in [1.54, 1.807) is 32.4 Å². The lowest BCUT2D eigenvalue weighted by molar-refractivity contribution is -0.111. The molecule has 1 fully saturated rings. The number of fused-ring (bicyclic) bond motifs is 2. The van der Waals surface area contributed by atoms with Gasteiger partial charge in [0.2, 0.25) is 0 Å². The highest BCUT2D eigenvalue weighted by molar-refractivity contribution is 6.35. The number of methoxy groups -OCH3 is 2. The number of nitrogens with one attached hydrogen (secondary N) is 2. The smallest absolute Gasteiger partial charge is 0.256 e. The van der Waals surface area contributed by atoms with Gasteiger partial charge >= 0.3 is 0 Å². The predicted octanol–water partition coefficient (Wildman–Crippen LogP) is 9.83. The van der Waals surface area contributed by atoms with Gasteiger partial charge in [0, 0.05) is 33.6 Å². The lowest BCUT2D eigenvalue weighted by atomic mass is 9.83. The van der Waals surface area contributed by atoms with Gasteiger partial charge in [0.05, 0.1) is 14.2 Å². The second kappa shape index (κ2) is 14.5. The molecular weight excluding hydrogens is 622 g/mol. The number of benzene rings is 4. The van der Waals surface area contributed by atoms with E-state index in [-0.39, 0.29) is 23.4 Å². The molecule has 0 radical (unpaired) electrons. The third-order valence-electron chi connectivity index (χ3n) is 9.33. The number of ether oxygens (including phenoxy) is 2. The Morgan fingerprint density at radius 1 is 0.673 bits per heavy atom. The molecule has 1 saturated carbocycles. The van der Waals surface area contributed by atoms with Gasteiger partial charge in [0.25, 0.3) is 11.8 Å². The van der Waals surface area contributed by atoms with Crippen LogP contribution in [0.15, 0.2) is 72.8 Å². The molecule has 0 spiro atoms. The molecule has 4 aromatic carbocycles. The van der Waals surface area contributed by atoms with Crippen LogP contribution in [0.4, 0.5) is 20.2 Å². The molecule has 1 aliphatic carbocycles. The fourth-order valence-electron chi connectivity index (χ4n) is 6.81. The molecule has 2 aliphatic heterocycles.